The predicted molar refractivity (Wildman–Crippen MR) is 111 cm³/mol. The number of carbonyl (C=O) groups is 1. The molecule has 0 aromatic heterocycles. The van der Waals surface area contributed by atoms with Crippen molar-refractivity contribution in [3.05, 3.63) is 48.0 Å². The summed E-state index contributed by atoms with van der Waals surface area (Å²) in [7, 11) is 1.59. The first-order chi connectivity index (χ1) is 13.4. The number of benzene rings is 2. The van der Waals surface area contributed by atoms with Crippen LogP contribution < -0.4 is 20.1 Å². The zero-order chi connectivity index (χ0) is 20.5. The molecule has 3 N–H and O–H groups in total. The van der Waals surface area contributed by atoms with Crippen LogP contribution in [-0.4, -0.2) is 24.9 Å². The Hall–Kier alpha value is -2.89. The number of methoxy groups -OCH3 is 1. The van der Waals surface area contributed by atoms with E-state index in [0.717, 1.165) is 18.4 Å². The first-order valence-electron chi connectivity index (χ1n) is 9.56. The number of hydrogen-bond acceptors (Lipinski definition) is 4. The minimum absolute atomic E-state index is 0.194. The van der Waals surface area contributed by atoms with Crippen LogP contribution >= 0.6 is 0 Å². The largest absolute Gasteiger partial charge is 0.508 e. The van der Waals surface area contributed by atoms with Gasteiger partial charge in [-0.25, -0.2) is 4.79 Å². The number of phenols is 1. The summed E-state index contributed by atoms with van der Waals surface area (Å²) in [4.78, 5) is 12.3. The SMILES string of the molecule is COc1ccc(NC(=O)N[C@@H](C)c2ccc(O)cc2)cc1OCCCC(C)C. The van der Waals surface area contributed by atoms with Gasteiger partial charge in [-0.05, 0) is 55.5 Å². The minimum atomic E-state index is -0.323. The summed E-state index contributed by atoms with van der Waals surface area (Å²) >= 11 is 0. The molecule has 2 aromatic rings. The van der Waals surface area contributed by atoms with Crippen LogP contribution in [0.15, 0.2) is 42.5 Å². The highest BCUT2D eigenvalue weighted by atomic mass is 16.5. The molecule has 1 atom stereocenters. The molecule has 0 aliphatic rings. The quantitative estimate of drug-likeness (QED) is 0.524. The van der Waals surface area contributed by atoms with E-state index in [2.05, 4.69) is 24.5 Å². The van der Waals surface area contributed by atoms with Gasteiger partial charge in [-0.3, -0.25) is 0 Å². The fraction of sp³-hybridized carbons (Fsp3) is 0.409. The van der Waals surface area contributed by atoms with E-state index >= 15 is 0 Å². The topological polar surface area (TPSA) is 79.8 Å². The van der Waals surface area contributed by atoms with Crippen molar-refractivity contribution in [2.45, 2.75) is 39.7 Å². The Balaban J connectivity index is 1.95. The average Bonchev–Trinajstić information content (AvgIpc) is 2.65. The second-order valence-electron chi connectivity index (χ2n) is 7.16. The first-order valence-corrected chi connectivity index (χ1v) is 9.56. The van der Waals surface area contributed by atoms with E-state index in [4.69, 9.17) is 9.47 Å². The van der Waals surface area contributed by atoms with Crippen LogP contribution in [-0.2, 0) is 0 Å². The number of nitrogens with one attached hydrogen (secondary N) is 2. The third-order valence-corrected chi connectivity index (χ3v) is 4.35. The van der Waals surface area contributed by atoms with Gasteiger partial charge >= 0.3 is 6.03 Å². The third-order valence-electron chi connectivity index (χ3n) is 4.35. The lowest BCUT2D eigenvalue weighted by molar-refractivity contribution is 0.249. The number of ether oxygens (including phenoxy) is 2. The van der Waals surface area contributed by atoms with E-state index in [1.165, 1.54) is 0 Å². The monoisotopic (exact) mass is 386 g/mol. The van der Waals surface area contributed by atoms with E-state index in [9.17, 15) is 9.90 Å². The molecule has 0 aliphatic carbocycles. The maximum Gasteiger partial charge on any atom is 0.319 e. The lowest BCUT2D eigenvalue weighted by atomic mass is 10.1. The third kappa shape index (κ3) is 6.68. The molecule has 0 fully saturated rings. The normalized spacial score (nSPS) is 11.8. The molecule has 0 saturated carbocycles. The van der Waals surface area contributed by atoms with Crippen LogP contribution in [0, 0.1) is 5.92 Å². The number of urea groups is 1. The summed E-state index contributed by atoms with van der Waals surface area (Å²) in [5, 5.41) is 15.1. The molecule has 0 radical (unpaired) electrons. The Labute approximate surface area is 166 Å². The fourth-order valence-electron chi connectivity index (χ4n) is 2.75. The summed E-state index contributed by atoms with van der Waals surface area (Å²) in [6.07, 6.45) is 2.06. The Morgan fingerprint density at radius 1 is 1.07 bits per heavy atom. The highest BCUT2D eigenvalue weighted by Crippen LogP contribution is 2.30. The molecule has 2 aromatic carbocycles. The maximum atomic E-state index is 12.3. The molecule has 0 bridgehead atoms. The molecular formula is C22H30N2O4. The van der Waals surface area contributed by atoms with Crippen molar-refractivity contribution in [1.29, 1.82) is 0 Å². The summed E-state index contributed by atoms with van der Waals surface area (Å²) < 4.78 is 11.2. The van der Waals surface area contributed by atoms with Gasteiger partial charge < -0.3 is 25.2 Å². The summed E-state index contributed by atoms with van der Waals surface area (Å²) in [6.45, 7) is 6.84. The highest BCUT2D eigenvalue weighted by molar-refractivity contribution is 5.89. The van der Waals surface area contributed by atoms with Crippen LogP contribution in [0.5, 0.6) is 17.2 Å². The number of anilines is 1. The molecule has 6 heteroatoms. The van der Waals surface area contributed by atoms with E-state index < -0.39 is 0 Å². The maximum absolute atomic E-state index is 12.3. The van der Waals surface area contributed by atoms with Crippen LogP contribution in [0.4, 0.5) is 10.5 Å². The van der Waals surface area contributed by atoms with Gasteiger partial charge in [-0.1, -0.05) is 26.0 Å². The number of carbonyl (C=O) groups excluding carboxylic acids is 1. The van der Waals surface area contributed by atoms with Crippen molar-refractivity contribution >= 4 is 11.7 Å². The molecule has 2 amide bonds. The summed E-state index contributed by atoms with van der Waals surface area (Å²) in [5.41, 5.74) is 1.52. The van der Waals surface area contributed by atoms with Crippen molar-refractivity contribution in [3.63, 3.8) is 0 Å². The van der Waals surface area contributed by atoms with Gasteiger partial charge in [0.2, 0.25) is 0 Å². The number of amides is 2. The van der Waals surface area contributed by atoms with E-state index in [1.54, 1.807) is 49.6 Å². The van der Waals surface area contributed by atoms with E-state index in [0.29, 0.717) is 29.7 Å². The lowest BCUT2D eigenvalue weighted by Gasteiger charge is -2.16. The van der Waals surface area contributed by atoms with Gasteiger partial charge in [0.05, 0.1) is 19.8 Å². The zero-order valence-corrected chi connectivity index (χ0v) is 17.0. The zero-order valence-electron chi connectivity index (χ0n) is 17.0. The van der Waals surface area contributed by atoms with E-state index in [1.807, 2.05) is 6.92 Å². The van der Waals surface area contributed by atoms with Crippen LogP contribution in [0.1, 0.15) is 45.2 Å². The van der Waals surface area contributed by atoms with Crippen LogP contribution in [0.3, 0.4) is 0 Å². The van der Waals surface area contributed by atoms with Crippen LogP contribution in [0.2, 0.25) is 0 Å². The van der Waals surface area contributed by atoms with Crippen molar-refractivity contribution in [2.75, 3.05) is 19.0 Å². The van der Waals surface area contributed by atoms with Gasteiger partial charge in [-0.15, -0.1) is 0 Å². The van der Waals surface area contributed by atoms with Gasteiger partial charge in [0.15, 0.2) is 11.5 Å². The second kappa shape index (κ2) is 10.4. The average molecular weight is 386 g/mol. The lowest BCUT2D eigenvalue weighted by Crippen LogP contribution is -2.31. The van der Waals surface area contributed by atoms with Gasteiger partial charge in [-0.2, -0.15) is 0 Å². The molecule has 0 aliphatic heterocycles. The Bertz CT molecular complexity index is 760. The van der Waals surface area contributed by atoms with Crippen LogP contribution in [0.25, 0.3) is 0 Å². The van der Waals surface area contributed by atoms with Crippen molar-refractivity contribution in [2.24, 2.45) is 5.92 Å². The number of rotatable bonds is 9. The second-order valence-corrected chi connectivity index (χ2v) is 7.16. The van der Waals surface area contributed by atoms with Crippen molar-refractivity contribution < 1.29 is 19.4 Å². The molecule has 0 heterocycles. The van der Waals surface area contributed by atoms with Gasteiger partial charge in [0, 0.05) is 11.8 Å². The Kier molecular flexibility index (Phi) is 7.99. The Morgan fingerprint density at radius 3 is 2.43 bits per heavy atom. The molecular weight excluding hydrogens is 356 g/mol. The smallest absolute Gasteiger partial charge is 0.319 e. The molecule has 152 valence electrons. The number of hydrogen-bond donors (Lipinski definition) is 3. The molecule has 2 rings (SSSR count). The molecule has 0 spiro atoms. The van der Waals surface area contributed by atoms with Crippen molar-refractivity contribution in [1.82, 2.24) is 5.32 Å². The Morgan fingerprint density at radius 2 is 1.79 bits per heavy atom. The predicted octanol–water partition coefficient (Wildman–Crippen LogP) is 5.10. The summed E-state index contributed by atoms with van der Waals surface area (Å²) in [5.74, 6) is 2.07. The molecule has 0 saturated heterocycles. The van der Waals surface area contributed by atoms with Gasteiger partial charge in [0.1, 0.15) is 5.75 Å². The standard InChI is InChI=1S/C22H30N2O4/c1-15(2)6-5-13-28-21-14-18(9-12-20(21)27-4)24-22(26)23-16(3)17-7-10-19(25)11-8-17/h7-12,14-16,25H,5-6,13H2,1-4H3,(H2,23,24,26)/t16-/m0/s1. The van der Waals surface area contributed by atoms with E-state index in [-0.39, 0.29) is 17.8 Å². The summed E-state index contributed by atoms with van der Waals surface area (Å²) in [6, 6.07) is 11.5. The minimum Gasteiger partial charge on any atom is -0.508 e. The molecule has 28 heavy (non-hydrogen) atoms. The van der Waals surface area contributed by atoms with Gasteiger partial charge in [0.25, 0.3) is 0 Å². The van der Waals surface area contributed by atoms with Crippen molar-refractivity contribution in [3.8, 4) is 17.2 Å². The molecule has 0 unspecified atom stereocenters. The number of aromatic hydroxyl groups is 1. The number of phenolic OH excluding ortho intramolecular Hbond substituents is 1. The molecule has 6 nitrogen and oxygen atoms in total. The fourth-order valence-corrected chi connectivity index (χ4v) is 2.75. The highest BCUT2D eigenvalue weighted by Gasteiger charge is 2.12. The first kappa shape index (κ1) is 21.4.